The summed E-state index contributed by atoms with van der Waals surface area (Å²) >= 11 is 0. The smallest absolute Gasteiger partial charge is 0.294 e. The molecule has 1 heterocycles. The van der Waals surface area contributed by atoms with Crippen LogP contribution in [0, 0.1) is 13.8 Å². The van der Waals surface area contributed by atoms with Crippen molar-refractivity contribution in [3.05, 3.63) is 45.4 Å². The van der Waals surface area contributed by atoms with E-state index >= 15 is 0 Å². The second-order valence-electron chi connectivity index (χ2n) is 6.14. The molecular formula is C15H21N3O. The van der Waals surface area contributed by atoms with Crippen LogP contribution < -0.4 is 11.3 Å². The number of anilines is 1. The van der Waals surface area contributed by atoms with Gasteiger partial charge < -0.3 is 5.73 Å². The number of benzene rings is 1. The van der Waals surface area contributed by atoms with Crippen LogP contribution in [0.4, 0.5) is 5.69 Å². The van der Waals surface area contributed by atoms with E-state index in [0.717, 1.165) is 22.5 Å². The van der Waals surface area contributed by atoms with Crippen LogP contribution in [0.5, 0.6) is 0 Å². The van der Waals surface area contributed by atoms with Gasteiger partial charge in [0, 0.05) is 5.41 Å². The molecule has 0 unspecified atom stereocenters. The number of hydrogen-bond acceptors (Lipinski definition) is 2. The largest absolute Gasteiger partial charge is 0.393 e. The van der Waals surface area contributed by atoms with Crippen molar-refractivity contribution in [2.45, 2.75) is 40.0 Å². The summed E-state index contributed by atoms with van der Waals surface area (Å²) in [6, 6.07) is 6.01. The van der Waals surface area contributed by atoms with Gasteiger partial charge in [-0.15, -0.1) is 0 Å². The molecule has 3 N–H and O–H groups in total. The Balaban J connectivity index is 2.67. The highest BCUT2D eigenvalue weighted by atomic mass is 16.1. The zero-order valence-corrected chi connectivity index (χ0v) is 12.2. The van der Waals surface area contributed by atoms with Gasteiger partial charge in [0.15, 0.2) is 0 Å². The summed E-state index contributed by atoms with van der Waals surface area (Å²) in [5.41, 5.74) is 9.70. The maximum Gasteiger partial charge on any atom is 0.294 e. The summed E-state index contributed by atoms with van der Waals surface area (Å²) in [5.74, 6) is 0. The number of hydrogen-bond donors (Lipinski definition) is 2. The molecule has 0 radical (unpaired) electrons. The van der Waals surface area contributed by atoms with Crippen LogP contribution in [0.15, 0.2) is 23.0 Å². The summed E-state index contributed by atoms with van der Waals surface area (Å²) in [6.07, 6.45) is 0. The van der Waals surface area contributed by atoms with Gasteiger partial charge in [-0.3, -0.25) is 9.89 Å². The van der Waals surface area contributed by atoms with E-state index in [9.17, 15) is 4.79 Å². The minimum absolute atomic E-state index is 0.185. The molecule has 2 aromatic rings. The van der Waals surface area contributed by atoms with Crippen molar-refractivity contribution >= 4 is 5.69 Å². The second-order valence-corrected chi connectivity index (χ2v) is 6.14. The Hall–Kier alpha value is -1.97. The average molecular weight is 259 g/mol. The second kappa shape index (κ2) is 4.30. The summed E-state index contributed by atoms with van der Waals surface area (Å²) in [5, 5.41) is 3.14. The van der Waals surface area contributed by atoms with Crippen molar-refractivity contribution in [1.29, 1.82) is 0 Å². The molecule has 4 nitrogen and oxygen atoms in total. The lowest BCUT2D eigenvalue weighted by molar-refractivity contribution is 0.561. The lowest BCUT2D eigenvalue weighted by Gasteiger charge is -2.16. The monoisotopic (exact) mass is 259 g/mol. The molecule has 0 aliphatic heterocycles. The molecule has 0 saturated heterocycles. The van der Waals surface area contributed by atoms with Gasteiger partial charge in [0.25, 0.3) is 5.56 Å². The van der Waals surface area contributed by atoms with Gasteiger partial charge in [-0.1, -0.05) is 26.8 Å². The van der Waals surface area contributed by atoms with E-state index < -0.39 is 0 Å². The van der Waals surface area contributed by atoms with Gasteiger partial charge >= 0.3 is 0 Å². The van der Waals surface area contributed by atoms with Crippen molar-refractivity contribution < 1.29 is 0 Å². The lowest BCUT2D eigenvalue weighted by atomic mass is 9.91. The summed E-state index contributed by atoms with van der Waals surface area (Å²) in [4.78, 5) is 12.3. The Bertz CT molecular complexity index is 651. The molecule has 0 fully saturated rings. The molecule has 1 aromatic heterocycles. The van der Waals surface area contributed by atoms with Gasteiger partial charge in [-0.05, 0) is 37.1 Å². The Morgan fingerprint density at radius 2 is 1.63 bits per heavy atom. The molecule has 1 aromatic carbocycles. The molecular weight excluding hydrogens is 238 g/mol. The number of nitrogens with two attached hydrogens (primary N) is 1. The number of aromatic nitrogens is 2. The van der Waals surface area contributed by atoms with Crippen LogP contribution in [0.1, 0.15) is 37.6 Å². The molecule has 2 rings (SSSR count). The van der Waals surface area contributed by atoms with Gasteiger partial charge in [0.05, 0.1) is 11.4 Å². The molecule has 0 bridgehead atoms. The molecule has 0 saturated carbocycles. The number of nitrogens with zero attached hydrogens (tertiary/aromatic N) is 1. The van der Waals surface area contributed by atoms with Crippen molar-refractivity contribution in [2.24, 2.45) is 0 Å². The van der Waals surface area contributed by atoms with E-state index in [4.69, 9.17) is 5.73 Å². The Morgan fingerprint density at radius 3 is 2.05 bits per heavy atom. The fraction of sp³-hybridized carbons (Fsp3) is 0.400. The zero-order chi connectivity index (χ0) is 14.4. The summed E-state index contributed by atoms with van der Waals surface area (Å²) in [7, 11) is 0. The fourth-order valence-corrected chi connectivity index (χ4v) is 2.28. The summed E-state index contributed by atoms with van der Waals surface area (Å²) < 4.78 is 1.52. The minimum Gasteiger partial charge on any atom is -0.393 e. The van der Waals surface area contributed by atoms with E-state index in [-0.39, 0.29) is 11.0 Å². The van der Waals surface area contributed by atoms with Crippen molar-refractivity contribution in [2.75, 3.05) is 5.73 Å². The van der Waals surface area contributed by atoms with Crippen LogP contribution in [0.25, 0.3) is 5.69 Å². The first-order valence-electron chi connectivity index (χ1n) is 6.40. The zero-order valence-electron chi connectivity index (χ0n) is 12.2. The highest BCUT2D eigenvalue weighted by Gasteiger charge is 2.23. The molecule has 0 aliphatic carbocycles. The number of aryl methyl sites for hydroxylation is 2. The lowest BCUT2D eigenvalue weighted by Crippen LogP contribution is -2.17. The van der Waals surface area contributed by atoms with Crippen LogP contribution in [-0.2, 0) is 5.41 Å². The molecule has 0 aliphatic rings. The maximum absolute atomic E-state index is 12.3. The normalized spacial score (nSPS) is 11.8. The quantitative estimate of drug-likeness (QED) is 0.827. The molecule has 0 amide bonds. The van der Waals surface area contributed by atoms with Crippen molar-refractivity contribution in [3.8, 4) is 5.69 Å². The van der Waals surface area contributed by atoms with Crippen LogP contribution in [0.2, 0.25) is 0 Å². The maximum atomic E-state index is 12.3. The van der Waals surface area contributed by atoms with Crippen molar-refractivity contribution in [3.63, 3.8) is 0 Å². The van der Waals surface area contributed by atoms with Gasteiger partial charge in [0.1, 0.15) is 5.69 Å². The molecule has 102 valence electrons. The Labute approximate surface area is 113 Å². The molecule has 19 heavy (non-hydrogen) atoms. The highest BCUT2D eigenvalue weighted by molar-refractivity contribution is 5.48. The Kier molecular flexibility index (Phi) is 3.04. The van der Waals surface area contributed by atoms with E-state index in [2.05, 4.69) is 11.2 Å². The van der Waals surface area contributed by atoms with Gasteiger partial charge in [-0.2, -0.15) is 0 Å². The number of nitrogen functional groups attached to an aromatic ring is 1. The fourth-order valence-electron chi connectivity index (χ4n) is 2.28. The van der Waals surface area contributed by atoms with E-state index in [1.54, 1.807) is 0 Å². The number of H-pyrrole nitrogens is 1. The van der Waals surface area contributed by atoms with Crippen LogP contribution >= 0.6 is 0 Å². The molecule has 0 spiro atoms. The highest BCUT2D eigenvalue weighted by Crippen LogP contribution is 2.24. The minimum atomic E-state index is -0.187. The van der Waals surface area contributed by atoms with Gasteiger partial charge in [-0.25, -0.2) is 4.68 Å². The first-order chi connectivity index (χ1) is 8.70. The van der Waals surface area contributed by atoms with Gasteiger partial charge in [0.2, 0.25) is 0 Å². The van der Waals surface area contributed by atoms with Crippen LogP contribution in [-0.4, -0.2) is 9.78 Å². The topological polar surface area (TPSA) is 63.8 Å². The standard InChI is InChI=1S/C15H21N3O/c1-9-6-10(2)8-11(7-9)18-14(19)12(16)13(17-18)15(3,4)5/h6-8,17H,16H2,1-5H3. The average Bonchev–Trinajstić information content (AvgIpc) is 2.54. The molecule has 4 heteroatoms. The third-order valence-electron chi connectivity index (χ3n) is 3.14. The van der Waals surface area contributed by atoms with E-state index in [1.165, 1.54) is 4.68 Å². The third kappa shape index (κ3) is 2.43. The van der Waals surface area contributed by atoms with E-state index in [0.29, 0.717) is 5.69 Å². The number of rotatable bonds is 1. The summed E-state index contributed by atoms with van der Waals surface area (Å²) in [6.45, 7) is 10.1. The predicted octanol–water partition coefficient (Wildman–Crippen LogP) is 2.66. The van der Waals surface area contributed by atoms with Crippen LogP contribution in [0.3, 0.4) is 0 Å². The SMILES string of the molecule is Cc1cc(C)cc(-n2[nH]c(C(C)(C)C)c(N)c2=O)c1. The first-order valence-corrected chi connectivity index (χ1v) is 6.40. The number of nitrogens with one attached hydrogen (secondary N) is 1. The predicted molar refractivity (Wildman–Crippen MR) is 79.0 cm³/mol. The first kappa shape index (κ1) is 13.5. The Morgan fingerprint density at radius 1 is 1.11 bits per heavy atom. The van der Waals surface area contributed by atoms with E-state index in [1.807, 2.05) is 46.8 Å². The molecule has 0 atom stereocenters. The van der Waals surface area contributed by atoms with Crippen molar-refractivity contribution in [1.82, 2.24) is 9.78 Å². The number of aromatic amines is 1. The third-order valence-corrected chi connectivity index (χ3v) is 3.14.